The number of rotatable bonds is 5. The molecule has 0 radical (unpaired) electrons. The minimum atomic E-state index is -0.381. The molecule has 32 heavy (non-hydrogen) atoms. The summed E-state index contributed by atoms with van der Waals surface area (Å²) >= 11 is 0. The average Bonchev–Trinajstić information content (AvgIpc) is 3.24. The van der Waals surface area contributed by atoms with Crippen LogP contribution in [0.4, 0.5) is 5.69 Å². The number of anilines is 1. The molecule has 1 N–H and O–H groups in total. The van der Waals surface area contributed by atoms with E-state index in [1.54, 1.807) is 18.2 Å². The van der Waals surface area contributed by atoms with Gasteiger partial charge in [0, 0.05) is 30.3 Å². The molecule has 0 bridgehead atoms. The molecule has 0 atom stereocenters. The third-order valence-corrected chi connectivity index (χ3v) is 5.18. The molecule has 0 unspecified atom stereocenters. The van der Waals surface area contributed by atoms with E-state index >= 15 is 0 Å². The van der Waals surface area contributed by atoms with Gasteiger partial charge in [0.1, 0.15) is 24.4 Å². The van der Waals surface area contributed by atoms with Crippen LogP contribution in [0.3, 0.4) is 0 Å². The molecule has 4 aromatic rings. The normalized spacial score (nSPS) is 12.7. The minimum absolute atomic E-state index is 0.0651. The SMILES string of the molecule is Cc1ccc(-c2noc3c(=O)n(CCC(=O)Nc4ccc5c(c4)OCCO5)cnc23)cc1. The number of nitrogens with one attached hydrogen (secondary N) is 1. The molecule has 1 aliphatic rings. The maximum atomic E-state index is 12.8. The molecule has 0 fully saturated rings. The fourth-order valence-electron chi connectivity index (χ4n) is 3.48. The minimum Gasteiger partial charge on any atom is -0.486 e. The zero-order chi connectivity index (χ0) is 22.1. The number of benzene rings is 2. The van der Waals surface area contributed by atoms with Crippen molar-refractivity contribution in [1.29, 1.82) is 0 Å². The van der Waals surface area contributed by atoms with Crippen molar-refractivity contribution in [2.24, 2.45) is 0 Å². The van der Waals surface area contributed by atoms with Gasteiger partial charge in [-0.2, -0.15) is 0 Å². The summed E-state index contributed by atoms with van der Waals surface area (Å²) in [5.74, 6) is 0.999. The second-order valence-corrected chi connectivity index (χ2v) is 7.47. The summed E-state index contributed by atoms with van der Waals surface area (Å²) in [6.07, 6.45) is 1.50. The van der Waals surface area contributed by atoms with Crippen molar-refractivity contribution in [3.05, 3.63) is 64.7 Å². The van der Waals surface area contributed by atoms with Gasteiger partial charge in [0.25, 0.3) is 11.1 Å². The van der Waals surface area contributed by atoms with E-state index in [0.29, 0.717) is 41.6 Å². The Hall–Kier alpha value is -4.14. The number of carbonyl (C=O) groups excluding carboxylic acids is 1. The molecule has 0 aliphatic carbocycles. The summed E-state index contributed by atoms with van der Waals surface area (Å²) in [4.78, 5) is 29.5. The molecular weight excluding hydrogens is 412 g/mol. The maximum absolute atomic E-state index is 12.8. The number of aromatic nitrogens is 3. The third-order valence-electron chi connectivity index (χ3n) is 5.18. The molecule has 0 spiro atoms. The van der Waals surface area contributed by atoms with Crippen LogP contribution in [0.1, 0.15) is 12.0 Å². The van der Waals surface area contributed by atoms with Crippen LogP contribution in [0, 0.1) is 6.92 Å². The molecule has 9 nitrogen and oxygen atoms in total. The Morgan fingerprint density at radius 3 is 2.69 bits per heavy atom. The number of amides is 1. The average molecular weight is 432 g/mol. The van der Waals surface area contributed by atoms with E-state index < -0.39 is 0 Å². The molecule has 0 saturated heterocycles. The quantitative estimate of drug-likeness (QED) is 0.516. The van der Waals surface area contributed by atoms with Crippen molar-refractivity contribution in [3.8, 4) is 22.8 Å². The molecular formula is C23H20N4O5. The van der Waals surface area contributed by atoms with Crippen molar-refractivity contribution < 1.29 is 18.8 Å². The lowest BCUT2D eigenvalue weighted by atomic mass is 10.1. The summed E-state index contributed by atoms with van der Waals surface area (Å²) < 4.78 is 17.6. The second kappa shape index (κ2) is 8.18. The Bertz CT molecular complexity index is 1360. The van der Waals surface area contributed by atoms with Gasteiger partial charge in [-0.1, -0.05) is 35.0 Å². The van der Waals surface area contributed by atoms with Gasteiger partial charge in [-0.15, -0.1) is 0 Å². The van der Waals surface area contributed by atoms with Crippen LogP contribution in [-0.2, 0) is 11.3 Å². The first-order chi connectivity index (χ1) is 15.6. The summed E-state index contributed by atoms with van der Waals surface area (Å²) in [7, 11) is 0. The summed E-state index contributed by atoms with van der Waals surface area (Å²) in [6, 6.07) is 12.9. The second-order valence-electron chi connectivity index (χ2n) is 7.47. The standard InChI is InChI=1S/C23H20N4O5/c1-14-2-4-15(5-3-14)20-21-22(32-26-20)23(29)27(13-24-21)9-8-19(28)25-16-6-7-17-18(12-16)31-11-10-30-17/h2-7,12-13H,8-11H2,1H3,(H,25,28). The lowest BCUT2D eigenvalue weighted by Gasteiger charge is -2.19. The van der Waals surface area contributed by atoms with Crippen LogP contribution in [-0.4, -0.2) is 33.8 Å². The summed E-state index contributed by atoms with van der Waals surface area (Å²) in [5, 5.41) is 6.83. The highest BCUT2D eigenvalue weighted by atomic mass is 16.6. The van der Waals surface area contributed by atoms with Crippen molar-refractivity contribution >= 4 is 22.7 Å². The van der Waals surface area contributed by atoms with Gasteiger partial charge in [-0.3, -0.25) is 14.2 Å². The summed E-state index contributed by atoms with van der Waals surface area (Å²) in [6.45, 7) is 3.11. The van der Waals surface area contributed by atoms with Crippen molar-refractivity contribution in [3.63, 3.8) is 0 Å². The maximum Gasteiger partial charge on any atom is 0.299 e. The molecule has 1 amide bonds. The fourth-order valence-corrected chi connectivity index (χ4v) is 3.48. The van der Waals surface area contributed by atoms with Crippen LogP contribution in [0.25, 0.3) is 22.4 Å². The first-order valence-corrected chi connectivity index (χ1v) is 10.2. The van der Waals surface area contributed by atoms with Crippen LogP contribution < -0.4 is 20.3 Å². The molecule has 2 aromatic heterocycles. The first-order valence-electron chi connectivity index (χ1n) is 10.2. The molecule has 2 aromatic carbocycles. The van der Waals surface area contributed by atoms with E-state index in [2.05, 4.69) is 15.5 Å². The van der Waals surface area contributed by atoms with Gasteiger partial charge in [0.15, 0.2) is 11.5 Å². The van der Waals surface area contributed by atoms with Gasteiger partial charge >= 0.3 is 0 Å². The monoisotopic (exact) mass is 432 g/mol. The Morgan fingerprint density at radius 1 is 1.09 bits per heavy atom. The highest BCUT2D eigenvalue weighted by Gasteiger charge is 2.17. The molecule has 3 heterocycles. The summed E-state index contributed by atoms with van der Waals surface area (Å²) in [5.41, 5.74) is 3.13. The number of aryl methyl sites for hydroxylation is 2. The van der Waals surface area contributed by atoms with E-state index in [-0.39, 0.29) is 30.0 Å². The smallest absolute Gasteiger partial charge is 0.299 e. The predicted molar refractivity (Wildman–Crippen MR) is 117 cm³/mol. The van der Waals surface area contributed by atoms with E-state index in [0.717, 1.165) is 11.1 Å². The Labute approximate surface area is 182 Å². The lowest BCUT2D eigenvalue weighted by molar-refractivity contribution is -0.116. The number of hydrogen-bond acceptors (Lipinski definition) is 7. The van der Waals surface area contributed by atoms with Gasteiger partial charge in [-0.25, -0.2) is 4.98 Å². The zero-order valence-electron chi connectivity index (χ0n) is 17.3. The van der Waals surface area contributed by atoms with Crippen LogP contribution in [0.2, 0.25) is 0 Å². The largest absolute Gasteiger partial charge is 0.486 e. The van der Waals surface area contributed by atoms with E-state index in [9.17, 15) is 9.59 Å². The van der Waals surface area contributed by atoms with Crippen molar-refractivity contribution in [2.45, 2.75) is 19.9 Å². The molecule has 162 valence electrons. The first kappa shape index (κ1) is 19.8. The number of ether oxygens (including phenoxy) is 2. The highest BCUT2D eigenvalue weighted by Crippen LogP contribution is 2.32. The van der Waals surface area contributed by atoms with Crippen LogP contribution in [0.5, 0.6) is 11.5 Å². The third kappa shape index (κ3) is 3.80. The van der Waals surface area contributed by atoms with E-state index in [1.807, 2.05) is 31.2 Å². The predicted octanol–water partition coefficient (Wildman–Crippen LogP) is 3.16. The Balaban J connectivity index is 1.29. The van der Waals surface area contributed by atoms with Gasteiger partial charge in [0.05, 0.1) is 6.33 Å². The van der Waals surface area contributed by atoms with Gasteiger partial charge in [-0.05, 0) is 19.1 Å². The molecule has 9 heteroatoms. The topological polar surface area (TPSA) is 108 Å². The van der Waals surface area contributed by atoms with E-state index in [4.69, 9.17) is 14.0 Å². The zero-order valence-corrected chi connectivity index (χ0v) is 17.3. The van der Waals surface area contributed by atoms with Crippen LogP contribution >= 0.6 is 0 Å². The van der Waals surface area contributed by atoms with Crippen molar-refractivity contribution in [1.82, 2.24) is 14.7 Å². The fraction of sp³-hybridized carbons (Fsp3) is 0.217. The van der Waals surface area contributed by atoms with Crippen LogP contribution in [0.15, 0.2) is 58.1 Å². The Kier molecular flexibility index (Phi) is 5.06. The highest BCUT2D eigenvalue weighted by molar-refractivity contribution is 5.91. The van der Waals surface area contributed by atoms with Crippen molar-refractivity contribution in [2.75, 3.05) is 18.5 Å². The van der Waals surface area contributed by atoms with Gasteiger partial charge in [0.2, 0.25) is 5.91 Å². The lowest BCUT2D eigenvalue weighted by Crippen LogP contribution is -2.23. The number of carbonyl (C=O) groups is 1. The number of hydrogen-bond donors (Lipinski definition) is 1. The van der Waals surface area contributed by atoms with E-state index in [1.165, 1.54) is 10.9 Å². The Morgan fingerprint density at radius 2 is 1.88 bits per heavy atom. The molecule has 0 saturated carbocycles. The number of fused-ring (bicyclic) bond motifs is 2. The molecule has 5 rings (SSSR count). The molecule has 1 aliphatic heterocycles. The van der Waals surface area contributed by atoms with Gasteiger partial charge < -0.3 is 19.3 Å². The number of nitrogens with zero attached hydrogens (tertiary/aromatic N) is 3.